The molecule has 0 aliphatic carbocycles. The molecule has 0 aliphatic heterocycles. The van der Waals surface area contributed by atoms with Gasteiger partial charge in [-0.1, -0.05) is 48.0 Å². The Bertz CT molecular complexity index is 1410. The zero-order valence-electron chi connectivity index (χ0n) is 20.1. The number of nitrogens with one attached hydrogen (secondary N) is 2. The first kappa shape index (κ1) is 26.3. The van der Waals surface area contributed by atoms with Gasteiger partial charge >= 0.3 is 0 Å². The minimum atomic E-state index is -0.593. The third-order valence-corrected chi connectivity index (χ3v) is 7.19. The highest BCUT2D eigenvalue weighted by atomic mass is 35.5. The summed E-state index contributed by atoms with van der Waals surface area (Å²) in [5.74, 6) is -0.542. The monoisotopic (exact) mass is 534 g/mol. The van der Waals surface area contributed by atoms with Crippen molar-refractivity contribution in [2.45, 2.75) is 17.1 Å². The van der Waals surface area contributed by atoms with E-state index in [0.29, 0.717) is 27.7 Å². The number of halogens is 2. The third-order valence-electron chi connectivity index (χ3n) is 5.53. The van der Waals surface area contributed by atoms with Crippen molar-refractivity contribution >= 4 is 46.6 Å². The van der Waals surface area contributed by atoms with E-state index in [2.05, 4.69) is 10.6 Å². The molecule has 188 valence electrons. The Labute approximate surface area is 224 Å². The molecule has 0 heterocycles. The molecule has 2 N–H and O–H groups in total. The third kappa shape index (κ3) is 6.70. The average molecular weight is 535 g/mol. The average Bonchev–Trinajstić information content (AvgIpc) is 2.90. The summed E-state index contributed by atoms with van der Waals surface area (Å²) in [7, 11) is 1.52. The fraction of sp³-hybridized carbons (Fsp3) is 0.103. The van der Waals surface area contributed by atoms with Crippen LogP contribution >= 0.6 is 23.4 Å². The highest BCUT2D eigenvalue weighted by Crippen LogP contribution is 2.39. The van der Waals surface area contributed by atoms with Gasteiger partial charge in [-0.05, 0) is 66.6 Å². The van der Waals surface area contributed by atoms with Crippen LogP contribution < -0.4 is 15.4 Å². The van der Waals surface area contributed by atoms with E-state index in [1.54, 1.807) is 30.3 Å². The van der Waals surface area contributed by atoms with Gasteiger partial charge in [-0.15, -0.1) is 11.8 Å². The molecular weight excluding hydrogens is 511 g/mol. The molecule has 8 heteroatoms. The Morgan fingerprint density at radius 2 is 1.65 bits per heavy atom. The molecule has 4 aromatic rings. The van der Waals surface area contributed by atoms with E-state index in [-0.39, 0.29) is 11.8 Å². The number of thioether (sulfide) groups is 1. The number of aryl methyl sites for hydroxylation is 1. The van der Waals surface area contributed by atoms with Crippen molar-refractivity contribution in [2.24, 2.45) is 0 Å². The second-order valence-electron chi connectivity index (χ2n) is 8.19. The van der Waals surface area contributed by atoms with Crippen LogP contribution in [0.4, 0.5) is 15.8 Å². The maximum absolute atomic E-state index is 13.5. The summed E-state index contributed by atoms with van der Waals surface area (Å²) in [6.07, 6.45) is 0. The Morgan fingerprint density at radius 1 is 0.919 bits per heavy atom. The molecule has 0 aromatic heterocycles. The van der Waals surface area contributed by atoms with Crippen LogP contribution in [0.5, 0.6) is 5.75 Å². The topological polar surface area (TPSA) is 67.4 Å². The largest absolute Gasteiger partial charge is 0.495 e. The van der Waals surface area contributed by atoms with Crippen molar-refractivity contribution in [1.29, 1.82) is 0 Å². The number of hydrogen-bond acceptors (Lipinski definition) is 4. The summed E-state index contributed by atoms with van der Waals surface area (Å²) in [5.41, 5.74) is 3.05. The zero-order chi connectivity index (χ0) is 26.4. The number of ether oxygens (including phenoxy) is 1. The van der Waals surface area contributed by atoms with Crippen LogP contribution in [-0.2, 0) is 4.79 Å². The number of methoxy groups -OCH3 is 1. The van der Waals surface area contributed by atoms with E-state index in [9.17, 15) is 14.0 Å². The van der Waals surface area contributed by atoms with Gasteiger partial charge in [-0.2, -0.15) is 0 Å². The SMILES string of the molecule is COc1cc(Cl)c(C)cc1NC(=O)C(Sc1cccc(NC(=O)c2ccc(F)cc2)c1)c1ccccc1. The summed E-state index contributed by atoms with van der Waals surface area (Å²) in [4.78, 5) is 26.9. The number of carbonyl (C=O) groups excluding carboxylic acids is 2. The lowest BCUT2D eigenvalue weighted by Crippen LogP contribution is -2.19. The predicted octanol–water partition coefficient (Wildman–Crippen LogP) is 7.52. The van der Waals surface area contributed by atoms with E-state index in [1.807, 2.05) is 43.3 Å². The van der Waals surface area contributed by atoms with Crippen LogP contribution in [0.25, 0.3) is 0 Å². The molecule has 5 nitrogen and oxygen atoms in total. The molecule has 0 radical (unpaired) electrons. The Balaban J connectivity index is 1.57. The minimum Gasteiger partial charge on any atom is -0.495 e. The molecule has 0 spiro atoms. The Morgan fingerprint density at radius 3 is 2.35 bits per heavy atom. The van der Waals surface area contributed by atoms with Crippen molar-refractivity contribution in [1.82, 2.24) is 0 Å². The fourth-order valence-corrected chi connectivity index (χ4v) is 4.85. The van der Waals surface area contributed by atoms with Crippen molar-refractivity contribution in [3.63, 3.8) is 0 Å². The van der Waals surface area contributed by atoms with Crippen LogP contribution in [0.2, 0.25) is 5.02 Å². The minimum absolute atomic E-state index is 0.239. The maximum atomic E-state index is 13.5. The molecule has 0 saturated heterocycles. The van der Waals surface area contributed by atoms with E-state index in [0.717, 1.165) is 16.0 Å². The lowest BCUT2D eigenvalue weighted by Gasteiger charge is -2.19. The predicted molar refractivity (Wildman–Crippen MR) is 147 cm³/mol. The fourth-order valence-electron chi connectivity index (χ4n) is 3.62. The molecule has 37 heavy (non-hydrogen) atoms. The first-order valence-corrected chi connectivity index (χ1v) is 12.6. The van der Waals surface area contributed by atoms with Crippen LogP contribution in [-0.4, -0.2) is 18.9 Å². The Kier molecular flexibility index (Phi) is 8.48. The summed E-state index contributed by atoms with van der Waals surface area (Å²) in [6.45, 7) is 1.85. The lowest BCUT2D eigenvalue weighted by molar-refractivity contribution is -0.115. The maximum Gasteiger partial charge on any atom is 0.255 e. The highest BCUT2D eigenvalue weighted by Gasteiger charge is 2.24. The molecular formula is C29H24ClFN2O3S. The van der Waals surface area contributed by atoms with Crippen LogP contribution in [0, 0.1) is 12.7 Å². The number of rotatable bonds is 8. The van der Waals surface area contributed by atoms with Gasteiger partial charge in [-0.3, -0.25) is 9.59 Å². The van der Waals surface area contributed by atoms with Crippen molar-refractivity contribution < 1.29 is 18.7 Å². The van der Waals surface area contributed by atoms with Crippen molar-refractivity contribution in [2.75, 3.05) is 17.7 Å². The second-order valence-corrected chi connectivity index (χ2v) is 9.77. The van der Waals surface area contributed by atoms with E-state index in [1.165, 1.54) is 43.1 Å². The molecule has 0 aliphatic rings. The summed E-state index contributed by atoms with van der Waals surface area (Å²) in [5, 5.41) is 5.75. The summed E-state index contributed by atoms with van der Waals surface area (Å²) < 4.78 is 18.6. The summed E-state index contributed by atoms with van der Waals surface area (Å²) in [6, 6.07) is 25.4. The van der Waals surface area contributed by atoms with Crippen LogP contribution in [0.3, 0.4) is 0 Å². The van der Waals surface area contributed by atoms with Gasteiger partial charge in [0.2, 0.25) is 5.91 Å². The first-order chi connectivity index (χ1) is 17.8. The van der Waals surface area contributed by atoms with E-state index >= 15 is 0 Å². The van der Waals surface area contributed by atoms with Crippen LogP contribution in [0.15, 0.2) is 95.9 Å². The molecule has 0 saturated carbocycles. The summed E-state index contributed by atoms with van der Waals surface area (Å²) >= 11 is 7.57. The van der Waals surface area contributed by atoms with Gasteiger partial charge in [0.15, 0.2) is 0 Å². The lowest BCUT2D eigenvalue weighted by atomic mass is 10.1. The first-order valence-electron chi connectivity index (χ1n) is 11.4. The highest BCUT2D eigenvalue weighted by molar-refractivity contribution is 8.00. The number of carbonyl (C=O) groups is 2. The van der Waals surface area contributed by atoms with Crippen molar-refractivity contribution in [3.05, 3.63) is 119 Å². The normalized spacial score (nSPS) is 11.5. The zero-order valence-corrected chi connectivity index (χ0v) is 21.7. The molecule has 1 atom stereocenters. The van der Waals surface area contributed by atoms with Crippen molar-refractivity contribution in [3.8, 4) is 5.75 Å². The number of amides is 2. The second kappa shape index (κ2) is 12.0. The quantitative estimate of drug-likeness (QED) is 0.229. The van der Waals surface area contributed by atoms with Gasteiger partial charge in [0.25, 0.3) is 5.91 Å². The van der Waals surface area contributed by atoms with E-state index < -0.39 is 11.1 Å². The van der Waals surface area contributed by atoms with Crippen LogP contribution in [0.1, 0.15) is 26.7 Å². The molecule has 4 rings (SSSR count). The van der Waals surface area contributed by atoms with Gasteiger partial charge in [0.1, 0.15) is 16.8 Å². The Hall–Kier alpha value is -3.81. The number of hydrogen-bond donors (Lipinski definition) is 2. The molecule has 0 fully saturated rings. The van der Waals surface area contributed by atoms with Gasteiger partial charge in [0.05, 0.1) is 12.8 Å². The van der Waals surface area contributed by atoms with Gasteiger partial charge in [0, 0.05) is 27.2 Å². The molecule has 0 bridgehead atoms. The van der Waals surface area contributed by atoms with Gasteiger partial charge in [-0.25, -0.2) is 4.39 Å². The van der Waals surface area contributed by atoms with Gasteiger partial charge < -0.3 is 15.4 Å². The number of anilines is 2. The standard InChI is InChI=1S/C29H24ClFN2O3S/c1-18-15-25(26(36-2)17-24(18)30)33-29(35)27(19-7-4-3-5-8-19)37-23-10-6-9-22(16-23)32-28(34)20-11-13-21(31)14-12-20/h3-17,27H,1-2H3,(H,32,34)(H,33,35). The molecule has 4 aromatic carbocycles. The smallest absolute Gasteiger partial charge is 0.255 e. The number of benzene rings is 4. The van der Waals surface area contributed by atoms with E-state index in [4.69, 9.17) is 16.3 Å². The molecule has 1 unspecified atom stereocenters. The molecule has 2 amide bonds.